The Morgan fingerprint density at radius 2 is 1.73 bits per heavy atom. The van der Waals surface area contributed by atoms with Gasteiger partial charge in [-0.05, 0) is 50.2 Å². The van der Waals surface area contributed by atoms with Gasteiger partial charge in [-0.15, -0.1) is 0 Å². The maximum Gasteiger partial charge on any atom is 0.259 e. The monoisotopic (exact) mass is 411 g/mol. The molecule has 2 aromatic carbocycles. The standard InChI is InChI=1S/C24H33N3O3/c1-3-29-18-19-30-23-7-5-4-6-22(23)24(28)25-21-10-8-20(9-11-21)12-13-27-16-14-26(2)15-17-27/h4-11H,3,12-19H2,1-2H3,(H,25,28). The van der Waals surface area contributed by atoms with Crippen LogP contribution < -0.4 is 10.1 Å². The van der Waals surface area contributed by atoms with Gasteiger partial charge in [-0.2, -0.15) is 0 Å². The fourth-order valence-electron chi connectivity index (χ4n) is 3.45. The van der Waals surface area contributed by atoms with E-state index in [4.69, 9.17) is 9.47 Å². The number of carbonyl (C=O) groups is 1. The van der Waals surface area contributed by atoms with Crippen molar-refractivity contribution in [2.75, 3.05) is 64.9 Å². The highest BCUT2D eigenvalue weighted by Gasteiger charge is 2.14. The van der Waals surface area contributed by atoms with Gasteiger partial charge in [0.15, 0.2) is 0 Å². The van der Waals surface area contributed by atoms with E-state index in [1.54, 1.807) is 6.07 Å². The number of benzene rings is 2. The van der Waals surface area contributed by atoms with Crippen molar-refractivity contribution in [3.63, 3.8) is 0 Å². The van der Waals surface area contributed by atoms with Crippen molar-refractivity contribution in [2.45, 2.75) is 13.3 Å². The molecule has 0 atom stereocenters. The van der Waals surface area contributed by atoms with Crippen LogP contribution in [0, 0.1) is 0 Å². The first-order valence-corrected chi connectivity index (χ1v) is 10.8. The molecule has 2 aromatic rings. The summed E-state index contributed by atoms with van der Waals surface area (Å²) in [4.78, 5) is 17.6. The van der Waals surface area contributed by atoms with Gasteiger partial charge < -0.3 is 24.6 Å². The highest BCUT2D eigenvalue weighted by Crippen LogP contribution is 2.20. The fraction of sp³-hybridized carbons (Fsp3) is 0.458. The molecular formula is C24H33N3O3. The number of hydrogen-bond acceptors (Lipinski definition) is 5. The van der Waals surface area contributed by atoms with Gasteiger partial charge in [0.2, 0.25) is 0 Å². The quantitative estimate of drug-likeness (QED) is 0.609. The number of ether oxygens (including phenoxy) is 2. The minimum absolute atomic E-state index is 0.174. The van der Waals surface area contributed by atoms with E-state index in [2.05, 4.69) is 34.3 Å². The van der Waals surface area contributed by atoms with E-state index < -0.39 is 0 Å². The average molecular weight is 412 g/mol. The van der Waals surface area contributed by atoms with E-state index >= 15 is 0 Å². The van der Waals surface area contributed by atoms with Crippen molar-refractivity contribution in [3.8, 4) is 5.75 Å². The van der Waals surface area contributed by atoms with Crippen LogP contribution in [0.4, 0.5) is 5.69 Å². The lowest BCUT2D eigenvalue weighted by atomic mass is 10.1. The highest BCUT2D eigenvalue weighted by atomic mass is 16.5. The first-order chi connectivity index (χ1) is 14.7. The van der Waals surface area contributed by atoms with E-state index in [1.165, 1.54) is 5.56 Å². The summed E-state index contributed by atoms with van der Waals surface area (Å²) in [5.41, 5.74) is 2.59. The van der Waals surface area contributed by atoms with Crippen LogP contribution >= 0.6 is 0 Å². The van der Waals surface area contributed by atoms with Gasteiger partial charge in [0.1, 0.15) is 12.4 Å². The number of hydrogen-bond donors (Lipinski definition) is 1. The van der Waals surface area contributed by atoms with Gasteiger partial charge in [-0.25, -0.2) is 0 Å². The van der Waals surface area contributed by atoms with Gasteiger partial charge in [-0.1, -0.05) is 24.3 Å². The molecule has 1 aliphatic heterocycles. The van der Waals surface area contributed by atoms with Gasteiger partial charge in [-0.3, -0.25) is 4.79 Å². The van der Waals surface area contributed by atoms with Crippen LogP contribution in [-0.4, -0.2) is 75.3 Å². The molecule has 1 saturated heterocycles. The normalized spacial score (nSPS) is 15.1. The zero-order valence-electron chi connectivity index (χ0n) is 18.1. The smallest absolute Gasteiger partial charge is 0.259 e. The number of nitrogens with zero attached hydrogens (tertiary/aromatic N) is 2. The van der Waals surface area contributed by atoms with Crippen LogP contribution in [0.5, 0.6) is 5.75 Å². The minimum Gasteiger partial charge on any atom is -0.490 e. The maximum atomic E-state index is 12.7. The Bertz CT molecular complexity index is 787. The van der Waals surface area contributed by atoms with Gasteiger partial charge in [0.25, 0.3) is 5.91 Å². The Morgan fingerprint density at radius 1 is 1.00 bits per heavy atom. The average Bonchev–Trinajstić information content (AvgIpc) is 2.77. The van der Waals surface area contributed by atoms with E-state index in [-0.39, 0.29) is 5.91 Å². The van der Waals surface area contributed by atoms with E-state index in [1.807, 2.05) is 37.3 Å². The molecule has 0 aromatic heterocycles. The molecule has 0 saturated carbocycles. The van der Waals surface area contributed by atoms with Crippen LogP contribution in [0.2, 0.25) is 0 Å². The first-order valence-electron chi connectivity index (χ1n) is 10.8. The van der Waals surface area contributed by atoms with Crippen molar-refractivity contribution < 1.29 is 14.3 Å². The van der Waals surface area contributed by atoms with Crippen LogP contribution in [0.25, 0.3) is 0 Å². The molecule has 1 N–H and O–H groups in total. The summed E-state index contributed by atoms with van der Waals surface area (Å²) in [5, 5.41) is 2.97. The van der Waals surface area contributed by atoms with Crippen LogP contribution in [0.3, 0.4) is 0 Å². The maximum absolute atomic E-state index is 12.7. The molecule has 0 unspecified atom stereocenters. The van der Waals surface area contributed by atoms with Gasteiger partial charge in [0, 0.05) is 45.0 Å². The molecule has 0 bridgehead atoms. The molecule has 30 heavy (non-hydrogen) atoms. The summed E-state index contributed by atoms with van der Waals surface area (Å²) in [6.45, 7) is 9.14. The third kappa shape index (κ3) is 6.83. The van der Waals surface area contributed by atoms with Crippen LogP contribution in [-0.2, 0) is 11.2 Å². The van der Waals surface area contributed by atoms with Crippen LogP contribution in [0.15, 0.2) is 48.5 Å². The number of carbonyl (C=O) groups excluding carboxylic acids is 1. The second kappa shape index (κ2) is 11.7. The van der Waals surface area contributed by atoms with Gasteiger partial charge >= 0.3 is 0 Å². The molecule has 1 fully saturated rings. The highest BCUT2D eigenvalue weighted by molar-refractivity contribution is 6.06. The summed E-state index contributed by atoms with van der Waals surface area (Å²) < 4.78 is 11.0. The summed E-state index contributed by atoms with van der Waals surface area (Å²) in [6, 6.07) is 15.4. The molecule has 0 aliphatic carbocycles. The Kier molecular flexibility index (Phi) is 8.68. The second-order valence-electron chi connectivity index (χ2n) is 7.59. The van der Waals surface area contributed by atoms with E-state index in [9.17, 15) is 4.79 Å². The first kappa shape index (κ1) is 22.3. The lowest BCUT2D eigenvalue weighted by molar-refractivity contribution is 0.0998. The number of anilines is 1. The number of rotatable bonds is 10. The number of likely N-dealkylation sites (N-methyl/N-ethyl adjacent to an activating group) is 1. The summed E-state index contributed by atoms with van der Waals surface area (Å²) >= 11 is 0. The topological polar surface area (TPSA) is 54.0 Å². The predicted molar refractivity (Wildman–Crippen MR) is 120 cm³/mol. The fourth-order valence-corrected chi connectivity index (χ4v) is 3.45. The van der Waals surface area contributed by atoms with Crippen LogP contribution in [0.1, 0.15) is 22.8 Å². The van der Waals surface area contributed by atoms with Crippen molar-refractivity contribution >= 4 is 11.6 Å². The number of piperazine rings is 1. The largest absolute Gasteiger partial charge is 0.490 e. The molecule has 6 nitrogen and oxygen atoms in total. The lowest BCUT2D eigenvalue weighted by Crippen LogP contribution is -2.45. The summed E-state index contributed by atoms with van der Waals surface area (Å²) in [5.74, 6) is 0.394. The Balaban J connectivity index is 1.51. The molecule has 162 valence electrons. The summed E-state index contributed by atoms with van der Waals surface area (Å²) in [6.07, 6.45) is 1.02. The predicted octanol–water partition coefficient (Wildman–Crippen LogP) is 3.14. The van der Waals surface area contributed by atoms with E-state index in [0.29, 0.717) is 31.1 Å². The molecule has 0 radical (unpaired) electrons. The number of para-hydroxylation sites is 1. The molecule has 1 heterocycles. The Hall–Kier alpha value is -2.41. The zero-order chi connectivity index (χ0) is 21.2. The molecule has 0 spiro atoms. The molecule has 6 heteroatoms. The Labute approximate surface area is 179 Å². The van der Waals surface area contributed by atoms with Crippen molar-refractivity contribution in [3.05, 3.63) is 59.7 Å². The Morgan fingerprint density at radius 3 is 2.47 bits per heavy atom. The second-order valence-corrected chi connectivity index (χ2v) is 7.59. The molecule has 1 aliphatic rings. The third-order valence-electron chi connectivity index (χ3n) is 5.35. The number of amides is 1. The molecule has 1 amide bonds. The lowest BCUT2D eigenvalue weighted by Gasteiger charge is -2.32. The zero-order valence-corrected chi connectivity index (χ0v) is 18.1. The van der Waals surface area contributed by atoms with Crippen molar-refractivity contribution in [2.24, 2.45) is 0 Å². The summed E-state index contributed by atoms with van der Waals surface area (Å²) in [7, 11) is 2.18. The molecular weight excluding hydrogens is 378 g/mol. The minimum atomic E-state index is -0.174. The number of nitrogens with one attached hydrogen (secondary N) is 1. The SMILES string of the molecule is CCOCCOc1ccccc1C(=O)Nc1ccc(CCN2CCN(C)CC2)cc1. The van der Waals surface area contributed by atoms with Crippen molar-refractivity contribution in [1.82, 2.24) is 9.80 Å². The van der Waals surface area contributed by atoms with E-state index in [0.717, 1.165) is 44.8 Å². The van der Waals surface area contributed by atoms with Gasteiger partial charge in [0.05, 0.1) is 12.2 Å². The molecule has 3 rings (SSSR count). The van der Waals surface area contributed by atoms with Crippen molar-refractivity contribution in [1.29, 1.82) is 0 Å². The third-order valence-corrected chi connectivity index (χ3v) is 5.35.